The Labute approximate surface area is 121 Å². The Morgan fingerprint density at radius 2 is 1.95 bits per heavy atom. The Hall–Kier alpha value is -1.22. The minimum Gasteiger partial charge on any atom is -0.490 e. The second-order valence-electron chi connectivity index (χ2n) is 6.04. The number of ether oxygens (including phenoxy) is 2. The third-order valence-corrected chi connectivity index (χ3v) is 4.38. The summed E-state index contributed by atoms with van der Waals surface area (Å²) < 4.78 is 11.7. The van der Waals surface area contributed by atoms with Gasteiger partial charge in [-0.05, 0) is 55.0 Å². The number of nitrogens with one attached hydrogen (secondary N) is 1. The van der Waals surface area contributed by atoms with E-state index < -0.39 is 0 Å². The molecule has 0 fully saturated rings. The van der Waals surface area contributed by atoms with Crippen molar-refractivity contribution in [2.75, 3.05) is 19.8 Å². The zero-order valence-electron chi connectivity index (χ0n) is 12.6. The Morgan fingerprint density at radius 1 is 1.20 bits per heavy atom. The van der Waals surface area contributed by atoms with Crippen LogP contribution >= 0.6 is 0 Å². The van der Waals surface area contributed by atoms with E-state index in [1.54, 1.807) is 0 Å². The van der Waals surface area contributed by atoms with Crippen molar-refractivity contribution in [1.29, 1.82) is 0 Å². The third-order valence-electron chi connectivity index (χ3n) is 4.38. The standard InChI is InChI=1S/C17H25NO2/c1-3-18-15-9-12(2)5-6-13-10-16-17(11-14(13)15)20-8-4-7-19-16/h10-12,15,18H,3-9H2,1-2H3. The van der Waals surface area contributed by atoms with Gasteiger partial charge in [0, 0.05) is 12.5 Å². The molecule has 0 aromatic heterocycles. The molecule has 1 aromatic carbocycles. The van der Waals surface area contributed by atoms with Crippen LogP contribution in [0.25, 0.3) is 0 Å². The first-order chi connectivity index (χ1) is 9.78. The molecule has 0 saturated heterocycles. The summed E-state index contributed by atoms with van der Waals surface area (Å²) in [4.78, 5) is 0. The molecule has 1 heterocycles. The van der Waals surface area contributed by atoms with Crippen LogP contribution in [-0.4, -0.2) is 19.8 Å². The van der Waals surface area contributed by atoms with Crippen LogP contribution in [0.5, 0.6) is 11.5 Å². The van der Waals surface area contributed by atoms with E-state index in [9.17, 15) is 0 Å². The molecule has 1 aliphatic carbocycles. The maximum absolute atomic E-state index is 5.86. The summed E-state index contributed by atoms with van der Waals surface area (Å²) in [5, 5.41) is 3.64. The smallest absolute Gasteiger partial charge is 0.161 e. The van der Waals surface area contributed by atoms with E-state index in [0.29, 0.717) is 6.04 Å². The Bertz CT molecular complexity index is 472. The predicted octanol–water partition coefficient (Wildman–Crippen LogP) is 3.47. The van der Waals surface area contributed by atoms with E-state index in [-0.39, 0.29) is 0 Å². The van der Waals surface area contributed by atoms with Crippen molar-refractivity contribution in [1.82, 2.24) is 5.32 Å². The first-order valence-electron chi connectivity index (χ1n) is 7.93. The van der Waals surface area contributed by atoms with E-state index in [1.165, 1.54) is 24.0 Å². The molecule has 110 valence electrons. The molecule has 0 amide bonds. The molecule has 0 radical (unpaired) electrons. The fourth-order valence-electron chi connectivity index (χ4n) is 3.30. The van der Waals surface area contributed by atoms with Gasteiger partial charge in [-0.3, -0.25) is 0 Å². The second kappa shape index (κ2) is 6.04. The highest BCUT2D eigenvalue weighted by Gasteiger charge is 2.24. The van der Waals surface area contributed by atoms with E-state index in [4.69, 9.17) is 9.47 Å². The van der Waals surface area contributed by atoms with E-state index in [0.717, 1.165) is 50.0 Å². The van der Waals surface area contributed by atoms with Crippen molar-refractivity contribution in [2.45, 2.75) is 45.6 Å². The topological polar surface area (TPSA) is 30.5 Å². The van der Waals surface area contributed by atoms with Crippen LogP contribution in [-0.2, 0) is 6.42 Å². The Morgan fingerprint density at radius 3 is 2.70 bits per heavy atom. The zero-order valence-corrected chi connectivity index (χ0v) is 12.6. The highest BCUT2D eigenvalue weighted by Crippen LogP contribution is 2.39. The van der Waals surface area contributed by atoms with Crippen LogP contribution < -0.4 is 14.8 Å². The molecule has 0 bridgehead atoms. The van der Waals surface area contributed by atoms with Crippen LogP contribution in [0.4, 0.5) is 0 Å². The number of fused-ring (bicyclic) bond motifs is 2. The highest BCUT2D eigenvalue weighted by atomic mass is 16.5. The highest BCUT2D eigenvalue weighted by molar-refractivity contribution is 5.49. The van der Waals surface area contributed by atoms with Gasteiger partial charge in [-0.25, -0.2) is 0 Å². The fourth-order valence-corrected chi connectivity index (χ4v) is 3.30. The summed E-state index contributed by atoms with van der Waals surface area (Å²) >= 11 is 0. The molecule has 0 saturated carbocycles. The summed E-state index contributed by atoms with van der Waals surface area (Å²) in [7, 11) is 0. The summed E-state index contributed by atoms with van der Waals surface area (Å²) in [5.74, 6) is 2.62. The van der Waals surface area contributed by atoms with Gasteiger partial charge in [0.2, 0.25) is 0 Å². The fraction of sp³-hybridized carbons (Fsp3) is 0.647. The van der Waals surface area contributed by atoms with Gasteiger partial charge < -0.3 is 14.8 Å². The van der Waals surface area contributed by atoms with Gasteiger partial charge in [0.05, 0.1) is 13.2 Å². The molecule has 0 spiro atoms. The maximum atomic E-state index is 5.86. The Balaban J connectivity index is 1.99. The van der Waals surface area contributed by atoms with Gasteiger partial charge in [0.15, 0.2) is 11.5 Å². The molecular formula is C17H25NO2. The van der Waals surface area contributed by atoms with Crippen LogP contribution in [0.1, 0.15) is 50.3 Å². The summed E-state index contributed by atoms with van der Waals surface area (Å²) in [6, 6.07) is 4.89. The van der Waals surface area contributed by atoms with Crippen molar-refractivity contribution < 1.29 is 9.47 Å². The lowest BCUT2D eigenvalue weighted by Gasteiger charge is -2.21. The van der Waals surface area contributed by atoms with Gasteiger partial charge in [0.25, 0.3) is 0 Å². The first kappa shape index (κ1) is 13.7. The zero-order chi connectivity index (χ0) is 13.9. The van der Waals surface area contributed by atoms with Gasteiger partial charge in [0.1, 0.15) is 0 Å². The number of aryl methyl sites for hydroxylation is 1. The van der Waals surface area contributed by atoms with Crippen LogP contribution in [0.15, 0.2) is 12.1 Å². The van der Waals surface area contributed by atoms with Gasteiger partial charge >= 0.3 is 0 Å². The number of rotatable bonds is 2. The van der Waals surface area contributed by atoms with Gasteiger partial charge in [-0.2, -0.15) is 0 Å². The minimum absolute atomic E-state index is 0.449. The van der Waals surface area contributed by atoms with E-state index in [1.807, 2.05) is 0 Å². The molecule has 2 atom stereocenters. The van der Waals surface area contributed by atoms with Crippen molar-refractivity contribution in [2.24, 2.45) is 5.92 Å². The van der Waals surface area contributed by atoms with Gasteiger partial charge in [-0.15, -0.1) is 0 Å². The lowest BCUT2D eigenvalue weighted by Crippen LogP contribution is -2.22. The normalized spacial score (nSPS) is 25.5. The molecule has 1 aliphatic heterocycles. The summed E-state index contributed by atoms with van der Waals surface area (Å²) in [6.07, 6.45) is 4.58. The van der Waals surface area contributed by atoms with Crippen molar-refractivity contribution >= 4 is 0 Å². The largest absolute Gasteiger partial charge is 0.490 e. The molecule has 2 unspecified atom stereocenters. The van der Waals surface area contributed by atoms with E-state index >= 15 is 0 Å². The average molecular weight is 275 g/mol. The van der Waals surface area contributed by atoms with Gasteiger partial charge in [-0.1, -0.05) is 13.8 Å². The molecule has 3 rings (SSSR count). The second-order valence-corrected chi connectivity index (χ2v) is 6.04. The maximum Gasteiger partial charge on any atom is 0.161 e. The Kier molecular flexibility index (Phi) is 4.16. The summed E-state index contributed by atoms with van der Waals surface area (Å²) in [5.41, 5.74) is 2.85. The first-order valence-corrected chi connectivity index (χ1v) is 7.93. The minimum atomic E-state index is 0.449. The molecule has 1 aromatic rings. The number of hydrogen-bond donors (Lipinski definition) is 1. The van der Waals surface area contributed by atoms with Crippen LogP contribution in [0.2, 0.25) is 0 Å². The molecule has 2 aliphatic rings. The van der Waals surface area contributed by atoms with E-state index in [2.05, 4.69) is 31.3 Å². The summed E-state index contributed by atoms with van der Waals surface area (Å²) in [6.45, 7) is 7.06. The molecule has 20 heavy (non-hydrogen) atoms. The lowest BCUT2D eigenvalue weighted by atomic mass is 9.96. The monoisotopic (exact) mass is 275 g/mol. The molecular weight excluding hydrogens is 250 g/mol. The quantitative estimate of drug-likeness (QED) is 0.838. The SMILES string of the molecule is CCNC1CC(C)CCc2cc3c(cc21)OCCCO3. The van der Waals surface area contributed by atoms with Crippen LogP contribution in [0.3, 0.4) is 0 Å². The molecule has 3 heteroatoms. The van der Waals surface area contributed by atoms with Crippen molar-refractivity contribution in [3.63, 3.8) is 0 Å². The number of benzene rings is 1. The average Bonchev–Trinajstić information content (AvgIpc) is 2.75. The molecule has 1 N–H and O–H groups in total. The number of hydrogen-bond acceptors (Lipinski definition) is 3. The van der Waals surface area contributed by atoms with Crippen molar-refractivity contribution in [3.05, 3.63) is 23.3 Å². The van der Waals surface area contributed by atoms with Crippen LogP contribution in [0, 0.1) is 5.92 Å². The molecule has 3 nitrogen and oxygen atoms in total. The lowest BCUT2D eigenvalue weighted by molar-refractivity contribution is 0.296. The van der Waals surface area contributed by atoms with Crippen molar-refractivity contribution in [3.8, 4) is 11.5 Å². The third kappa shape index (κ3) is 2.78. The predicted molar refractivity (Wildman–Crippen MR) is 80.6 cm³/mol.